The van der Waals surface area contributed by atoms with Crippen LogP contribution >= 0.6 is 0 Å². The number of piperidine rings is 1. The first-order chi connectivity index (χ1) is 12.4. The second-order valence-electron chi connectivity index (χ2n) is 6.36. The lowest BCUT2D eigenvalue weighted by atomic mass is 9.95. The average Bonchev–Trinajstić information content (AvgIpc) is 2.63. The summed E-state index contributed by atoms with van der Waals surface area (Å²) >= 11 is 0. The Labute approximate surface area is 153 Å². The number of ether oxygens (including phenoxy) is 2. The SMILES string of the molecule is CCOC(=O)CN(C)C(=O)[C@@H]1CCC(=O)N(Cc2cccc(OC)c2)C1. The highest BCUT2D eigenvalue weighted by Gasteiger charge is 2.32. The van der Waals surface area contributed by atoms with Gasteiger partial charge in [-0.15, -0.1) is 0 Å². The summed E-state index contributed by atoms with van der Waals surface area (Å²) in [5.74, 6) is -0.110. The van der Waals surface area contributed by atoms with Gasteiger partial charge in [0.1, 0.15) is 12.3 Å². The third-order valence-corrected chi connectivity index (χ3v) is 4.40. The van der Waals surface area contributed by atoms with E-state index < -0.39 is 5.97 Å². The van der Waals surface area contributed by atoms with E-state index in [4.69, 9.17) is 9.47 Å². The Morgan fingerprint density at radius 3 is 2.81 bits per heavy atom. The van der Waals surface area contributed by atoms with Crippen molar-refractivity contribution in [1.29, 1.82) is 0 Å². The minimum absolute atomic E-state index is 0.0323. The third-order valence-electron chi connectivity index (χ3n) is 4.40. The second kappa shape index (κ2) is 9.22. The number of likely N-dealkylation sites (N-methyl/N-ethyl adjacent to an activating group) is 1. The lowest BCUT2D eigenvalue weighted by Gasteiger charge is -2.33. The molecule has 1 saturated heterocycles. The molecule has 7 nitrogen and oxygen atoms in total. The molecule has 2 rings (SSSR count). The minimum atomic E-state index is -0.427. The maximum Gasteiger partial charge on any atom is 0.325 e. The summed E-state index contributed by atoms with van der Waals surface area (Å²) in [5.41, 5.74) is 0.950. The van der Waals surface area contributed by atoms with Crippen LogP contribution in [0.3, 0.4) is 0 Å². The Morgan fingerprint density at radius 1 is 1.35 bits per heavy atom. The number of carbonyl (C=O) groups excluding carboxylic acids is 3. The molecule has 0 aromatic heterocycles. The van der Waals surface area contributed by atoms with Crippen LogP contribution in [0, 0.1) is 5.92 Å². The summed E-state index contributed by atoms with van der Waals surface area (Å²) in [5, 5.41) is 0. The Hall–Kier alpha value is -2.57. The molecule has 1 aromatic carbocycles. The number of rotatable bonds is 7. The van der Waals surface area contributed by atoms with Gasteiger partial charge in [0.2, 0.25) is 11.8 Å². The fourth-order valence-corrected chi connectivity index (χ4v) is 3.05. The number of methoxy groups -OCH3 is 1. The van der Waals surface area contributed by atoms with E-state index in [1.54, 1.807) is 26.0 Å². The zero-order chi connectivity index (χ0) is 19.1. The molecule has 7 heteroatoms. The van der Waals surface area contributed by atoms with Crippen LogP contribution in [0.5, 0.6) is 5.75 Å². The van der Waals surface area contributed by atoms with Gasteiger partial charge in [-0.25, -0.2) is 0 Å². The maximum absolute atomic E-state index is 12.6. The highest BCUT2D eigenvalue weighted by Crippen LogP contribution is 2.22. The van der Waals surface area contributed by atoms with Crippen LogP contribution < -0.4 is 4.74 Å². The summed E-state index contributed by atoms with van der Waals surface area (Å²) in [6, 6.07) is 7.52. The standard InChI is InChI=1S/C19H26N2O5/c1-4-26-18(23)13-20(2)19(24)15-8-9-17(22)21(12-15)11-14-6-5-7-16(10-14)25-3/h5-7,10,15H,4,8-9,11-13H2,1-3H3/t15-/m1/s1. The van der Waals surface area contributed by atoms with Gasteiger partial charge in [-0.1, -0.05) is 12.1 Å². The van der Waals surface area contributed by atoms with Crippen LogP contribution in [0.2, 0.25) is 0 Å². The van der Waals surface area contributed by atoms with Crippen molar-refractivity contribution in [2.24, 2.45) is 5.92 Å². The first-order valence-electron chi connectivity index (χ1n) is 8.75. The van der Waals surface area contributed by atoms with E-state index in [2.05, 4.69) is 0 Å². The van der Waals surface area contributed by atoms with Crippen molar-refractivity contribution < 1.29 is 23.9 Å². The van der Waals surface area contributed by atoms with E-state index in [1.165, 1.54) is 4.90 Å². The molecule has 1 aliphatic rings. The van der Waals surface area contributed by atoms with Crippen LogP contribution in [0.4, 0.5) is 0 Å². The molecule has 1 heterocycles. The van der Waals surface area contributed by atoms with Crippen molar-refractivity contribution in [2.75, 3.05) is 33.9 Å². The number of likely N-dealkylation sites (tertiary alicyclic amines) is 1. The molecule has 0 saturated carbocycles. The van der Waals surface area contributed by atoms with Crippen LogP contribution in [0.15, 0.2) is 24.3 Å². The van der Waals surface area contributed by atoms with Crippen molar-refractivity contribution >= 4 is 17.8 Å². The Morgan fingerprint density at radius 2 is 2.12 bits per heavy atom. The van der Waals surface area contributed by atoms with Gasteiger partial charge >= 0.3 is 5.97 Å². The van der Waals surface area contributed by atoms with Gasteiger partial charge in [-0.2, -0.15) is 0 Å². The van der Waals surface area contributed by atoms with E-state index in [-0.39, 0.29) is 30.9 Å². The smallest absolute Gasteiger partial charge is 0.325 e. The highest BCUT2D eigenvalue weighted by molar-refractivity contribution is 5.86. The Bertz CT molecular complexity index is 661. The lowest BCUT2D eigenvalue weighted by molar-refractivity contribution is -0.151. The largest absolute Gasteiger partial charge is 0.497 e. The van der Waals surface area contributed by atoms with E-state index in [9.17, 15) is 14.4 Å². The number of benzene rings is 1. The summed E-state index contributed by atoms with van der Waals surface area (Å²) < 4.78 is 10.1. The first-order valence-corrected chi connectivity index (χ1v) is 8.75. The zero-order valence-electron chi connectivity index (χ0n) is 15.6. The summed E-state index contributed by atoms with van der Waals surface area (Å²) in [6.45, 7) is 2.71. The molecular formula is C19H26N2O5. The molecule has 0 N–H and O–H groups in total. The van der Waals surface area contributed by atoms with Gasteiger partial charge in [0.05, 0.1) is 19.6 Å². The van der Waals surface area contributed by atoms with Gasteiger partial charge in [-0.3, -0.25) is 14.4 Å². The molecule has 0 unspecified atom stereocenters. The normalized spacial score (nSPS) is 17.0. The summed E-state index contributed by atoms with van der Waals surface area (Å²) in [4.78, 5) is 39.5. The number of hydrogen-bond acceptors (Lipinski definition) is 5. The summed E-state index contributed by atoms with van der Waals surface area (Å²) in [7, 11) is 3.18. The van der Waals surface area contributed by atoms with Gasteiger partial charge in [-0.05, 0) is 31.0 Å². The molecule has 1 atom stereocenters. The molecule has 0 spiro atoms. The van der Waals surface area contributed by atoms with E-state index in [1.807, 2.05) is 24.3 Å². The third kappa shape index (κ3) is 5.21. The minimum Gasteiger partial charge on any atom is -0.497 e. The van der Waals surface area contributed by atoms with Crippen LogP contribution in [-0.4, -0.2) is 61.4 Å². The molecule has 1 aliphatic heterocycles. The molecular weight excluding hydrogens is 336 g/mol. The number of carbonyl (C=O) groups is 3. The lowest BCUT2D eigenvalue weighted by Crippen LogP contribution is -2.46. The van der Waals surface area contributed by atoms with Gasteiger partial charge < -0.3 is 19.3 Å². The first kappa shape index (κ1) is 19.8. The number of esters is 1. The van der Waals surface area contributed by atoms with Crippen molar-refractivity contribution in [3.05, 3.63) is 29.8 Å². The van der Waals surface area contributed by atoms with E-state index >= 15 is 0 Å². The summed E-state index contributed by atoms with van der Waals surface area (Å²) in [6.07, 6.45) is 0.826. The molecule has 2 amide bonds. The molecule has 142 valence electrons. The van der Waals surface area contributed by atoms with Crippen molar-refractivity contribution in [1.82, 2.24) is 9.80 Å². The predicted molar refractivity (Wildman–Crippen MR) is 95.4 cm³/mol. The van der Waals surface area contributed by atoms with Crippen LogP contribution in [0.1, 0.15) is 25.3 Å². The number of hydrogen-bond donors (Lipinski definition) is 0. The van der Waals surface area contributed by atoms with Crippen molar-refractivity contribution in [3.8, 4) is 5.75 Å². The quantitative estimate of drug-likeness (QED) is 0.687. The average molecular weight is 362 g/mol. The van der Waals surface area contributed by atoms with E-state index in [0.29, 0.717) is 25.9 Å². The van der Waals surface area contributed by atoms with Crippen molar-refractivity contribution in [2.45, 2.75) is 26.3 Å². The molecule has 26 heavy (non-hydrogen) atoms. The number of amides is 2. The maximum atomic E-state index is 12.6. The molecule has 1 fully saturated rings. The zero-order valence-corrected chi connectivity index (χ0v) is 15.6. The topological polar surface area (TPSA) is 76.2 Å². The van der Waals surface area contributed by atoms with Crippen LogP contribution in [0.25, 0.3) is 0 Å². The Balaban J connectivity index is 1.98. The molecule has 1 aromatic rings. The van der Waals surface area contributed by atoms with Gasteiger partial charge in [0.15, 0.2) is 0 Å². The molecule has 0 bridgehead atoms. The second-order valence-corrected chi connectivity index (χ2v) is 6.36. The fourth-order valence-electron chi connectivity index (χ4n) is 3.05. The molecule has 0 aliphatic carbocycles. The van der Waals surface area contributed by atoms with Crippen molar-refractivity contribution in [3.63, 3.8) is 0 Å². The number of nitrogens with zero attached hydrogens (tertiary/aromatic N) is 2. The fraction of sp³-hybridized carbons (Fsp3) is 0.526. The monoisotopic (exact) mass is 362 g/mol. The van der Waals surface area contributed by atoms with Gasteiger partial charge in [0, 0.05) is 26.6 Å². The van der Waals surface area contributed by atoms with Gasteiger partial charge in [0.25, 0.3) is 0 Å². The Kier molecular flexibility index (Phi) is 7.00. The highest BCUT2D eigenvalue weighted by atomic mass is 16.5. The predicted octanol–water partition coefficient (Wildman–Crippen LogP) is 1.46. The van der Waals surface area contributed by atoms with E-state index in [0.717, 1.165) is 11.3 Å². The van der Waals surface area contributed by atoms with Crippen LogP contribution in [-0.2, 0) is 25.7 Å². The molecule has 0 radical (unpaired) electrons.